The topological polar surface area (TPSA) is 93.4 Å². The van der Waals surface area contributed by atoms with E-state index in [2.05, 4.69) is 15.3 Å². The minimum absolute atomic E-state index is 0.0342. The molecule has 1 N–H and O–H groups in total. The third-order valence-electron chi connectivity index (χ3n) is 3.84. The van der Waals surface area contributed by atoms with E-state index in [0.717, 1.165) is 12.1 Å². The summed E-state index contributed by atoms with van der Waals surface area (Å²) in [6.45, 7) is 3.04. The molecule has 1 saturated heterocycles. The second-order valence-electron chi connectivity index (χ2n) is 5.64. The van der Waals surface area contributed by atoms with E-state index in [1.165, 1.54) is 6.07 Å². The fourth-order valence-corrected chi connectivity index (χ4v) is 2.74. The minimum Gasteiger partial charge on any atom is -0.377 e. The zero-order chi connectivity index (χ0) is 18.8. The Bertz CT molecular complexity index is 854. The van der Waals surface area contributed by atoms with E-state index in [1.807, 2.05) is 6.92 Å². The summed E-state index contributed by atoms with van der Waals surface area (Å²) in [6.07, 6.45) is 0. The van der Waals surface area contributed by atoms with Gasteiger partial charge >= 0.3 is 0 Å². The van der Waals surface area contributed by atoms with Crippen LogP contribution < -0.4 is 10.2 Å². The van der Waals surface area contributed by atoms with Crippen molar-refractivity contribution in [1.82, 2.24) is 9.97 Å². The molecular weight excluding hydrogens is 372 g/mol. The second-order valence-corrected chi connectivity index (χ2v) is 5.99. The maximum atomic E-state index is 14.4. The highest BCUT2D eigenvalue weighted by Gasteiger charge is 2.26. The van der Waals surface area contributed by atoms with Gasteiger partial charge in [-0.05, 0) is 19.1 Å². The third kappa shape index (κ3) is 3.65. The highest BCUT2D eigenvalue weighted by atomic mass is 35.5. The van der Waals surface area contributed by atoms with Gasteiger partial charge in [-0.3, -0.25) is 10.1 Å². The van der Waals surface area contributed by atoms with Crippen LogP contribution in [0, 0.1) is 21.7 Å². The smallest absolute Gasteiger partial charge is 0.295 e. The molecule has 2 heterocycles. The summed E-state index contributed by atoms with van der Waals surface area (Å²) in [4.78, 5) is 19.9. The van der Waals surface area contributed by atoms with E-state index in [0.29, 0.717) is 19.8 Å². The first kappa shape index (κ1) is 18.2. The SMILES string of the molecule is C[C@@H]1COCCN1c1nc(Nc2ccc(F)cc2[N+](=O)[O-])nc(Cl)c1F. The number of benzene rings is 1. The molecule has 2 aromatic rings. The van der Waals surface area contributed by atoms with Crippen molar-refractivity contribution >= 4 is 34.7 Å². The van der Waals surface area contributed by atoms with Gasteiger partial charge in [0.2, 0.25) is 11.8 Å². The number of nitrogens with one attached hydrogen (secondary N) is 1. The van der Waals surface area contributed by atoms with Gasteiger partial charge in [0.05, 0.1) is 30.2 Å². The van der Waals surface area contributed by atoms with E-state index in [1.54, 1.807) is 4.90 Å². The van der Waals surface area contributed by atoms with Crippen molar-refractivity contribution in [3.63, 3.8) is 0 Å². The van der Waals surface area contributed by atoms with Gasteiger partial charge in [-0.1, -0.05) is 11.6 Å². The average Bonchev–Trinajstić information content (AvgIpc) is 2.60. The van der Waals surface area contributed by atoms with Gasteiger partial charge in [0, 0.05) is 6.54 Å². The Kier molecular flexibility index (Phi) is 5.14. The molecule has 0 radical (unpaired) electrons. The standard InChI is InChI=1S/C15H14ClF2N5O3/c1-8-7-26-5-4-22(8)14-12(18)13(16)20-15(21-14)19-10-3-2-9(17)6-11(10)23(24)25/h2-3,6,8H,4-5,7H2,1H3,(H,19,20,21)/t8-/m1/s1. The summed E-state index contributed by atoms with van der Waals surface area (Å²) in [6, 6.07) is 2.84. The molecule has 0 amide bonds. The number of rotatable bonds is 4. The van der Waals surface area contributed by atoms with Gasteiger partial charge in [-0.25, -0.2) is 4.39 Å². The number of anilines is 3. The van der Waals surface area contributed by atoms with Gasteiger partial charge < -0.3 is 15.0 Å². The van der Waals surface area contributed by atoms with Crippen LogP contribution in [-0.4, -0.2) is 40.7 Å². The molecule has 1 aliphatic heterocycles. The first-order valence-electron chi connectivity index (χ1n) is 7.65. The van der Waals surface area contributed by atoms with Crippen LogP contribution in [0.2, 0.25) is 5.15 Å². The molecule has 3 rings (SSSR count). The van der Waals surface area contributed by atoms with E-state index < -0.39 is 27.4 Å². The Hall–Kier alpha value is -2.59. The number of halogens is 3. The highest BCUT2D eigenvalue weighted by molar-refractivity contribution is 6.29. The van der Waals surface area contributed by atoms with E-state index in [-0.39, 0.29) is 23.5 Å². The summed E-state index contributed by atoms with van der Waals surface area (Å²) in [5.41, 5.74) is -0.546. The first-order valence-corrected chi connectivity index (χ1v) is 8.03. The van der Waals surface area contributed by atoms with Crippen LogP contribution in [0.1, 0.15) is 6.92 Å². The number of nitro benzene ring substituents is 1. The predicted molar refractivity (Wildman–Crippen MR) is 91.0 cm³/mol. The number of nitro groups is 1. The summed E-state index contributed by atoms with van der Waals surface area (Å²) in [5.74, 6) is -1.73. The van der Waals surface area contributed by atoms with Gasteiger partial charge in [0.25, 0.3) is 5.69 Å². The van der Waals surface area contributed by atoms with Crippen LogP contribution in [0.3, 0.4) is 0 Å². The van der Waals surface area contributed by atoms with Crippen molar-refractivity contribution in [3.8, 4) is 0 Å². The Morgan fingerprint density at radius 3 is 2.88 bits per heavy atom. The third-order valence-corrected chi connectivity index (χ3v) is 4.09. The van der Waals surface area contributed by atoms with E-state index >= 15 is 0 Å². The average molecular weight is 386 g/mol. The van der Waals surface area contributed by atoms with Crippen LogP contribution in [0.15, 0.2) is 18.2 Å². The molecule has 11 heteroatoms. The first-order chi connectivity index (χ1) is 12.4. The Balaban J connectivity index is 1.98. The molecule has 1 aliphatic rings. The van der Waals surface area contributed by atoms with Crippen LogP contribution in [0.25, 0.3) is 0 Å². The largest absolute Gasteiger partial charge is 0.377 e. The fraction of sp³-hybridized carbons (Fsp3) is 0.333. The monoisotopic (exact) mass is 385 g/mol. The summed E-state index contributed by atoms with van der Waals surface area (Å²) in [5, 5.41) is 13.3. The van der Waals surface area contributed by atoms with Crippen molar-refractivity contribution in [2.45, 2.75) is 13.0 Å². The van der Waals surface area contributed by atoms with E-state index in [9.17, 15) is 18.9 Å². The number of hydrogen-bond acceptors (Lipinski definition) is 7. The number of aromatic nitrogens is 2. The fourth-order valence-electron chi connectivity index (χ4n) is 2.58. The second kappa shape index (κ2) is 7.34. The Morgan fingerprint density at radius 1 is 1.42 bits per heavy atom. The molecule has 1 fully saturated rings. The molecule has 0 aliphatic carbocycles. The van der Waals surface area contributed by atoms with Crippen molar-refractivity contribution < 1.29 is 18.4 Å². The Labute approximate surface area is 151 Å². The lowest BCUT2D eigenvalue weighted by molar-refractivity contribution is -0.384. The normalized spacial score (nSPS) is 17.2. The number of ether oxygens (including phenoxy) is 1. The van der Waals surface area contributed by atoms with Gasteiger partial charge in [-0.2, -0.15) is 14.4 Å². The lowest BCUT2D eigenvalue weighted by Gasteiger charge is -2.34. The maximum absolute atomic E-state index is 14.4. The molecule has 8 nitrogen and oxygen atoms in total. The molecule has 0 spiro atoms. The summed E-state index contributed by atoms with van der Waals surface area (Å²) in [7, 11) is 0. The number of morpholine rings is 1. The molecule has 0 saturated carbocycles. The predicted octanol–water partition coefficient (Wildman–Crippen LogP) is 3.29. The Morgan fingerprint density at radius 2 is 2.19 bits per heavy atom. The van der Waals surface area contributed by atoms with Gasteiger partial charge in [0.1, 0.15) is 11.5 Å². The van der Waals surface area contributed by atoms with E-state index in [4.69, 9.17) is 16.3 Å². The van der Waals surface area contributed by atoms with Crippen LogP contribution in [-0.2, 0) is 4.74 Å². The van der Waals surface area contributed by atoms with Crippen LogP contribution in [0.4, 0.5) is 31.9 Å². The number of hydrogen-bond donors (Lipinski definition) is 1. The van der Waals surface area contributed by atoms with Crippen LogP contribution >= 0.6 is 11.6 Å². The summed E-state index contributed by atoms with van der Waals surface area (Å²) < 4.78 is 33.0. The molecule has 138 valence electrons. The molecular formula is C15H14ClF2N5O3. The van der Waals surface area contributed by atoms with Crippen LogP contribution in [0.5, 0.6) is 0 Å². The minimum atomic E-state index is -0.792. The maximum Gasteiger partial charge on any atom is 0.295 e. The quantitative estimate of drug-likeness (QED) is 0.490. The lowest BCUT2D eigenvalue weighted by Crippen LogP contribution is -2.44. The van der Waals surface area contributed by atoms with Crippen molar-refractivity contribution in [2.75, 3.05) is 30.0 Å². The molecule has 26 heavy (non-hydrogen) atoms. The molecule has 1 atom stereocenters. The highest BCUT2D eigenvalue weighted by Crippen LogP contribution is 2.31. The molecule has 0 unspecified atom stereocenters. The van der Waals surface area contributed by atoms with Crippen molar-refractivity contribution in [2.24, 2.45) is 0 Å². The molecule has 1 aromatic carbocycles. The number of nitrogens with zero attached hydrogens (tertiary/aromatic N) is 4. The van der Waals surface area contributed by atoms with Crippen molar-refractivity contribution in [3.05, 3.63) is 45.1 Å². The molecule has 1 aromatic heterocycles. The molecule has 0 bridgehead atoms. The van der Waals surface area contributed by atoms with Crippen molar-refractivity contribution in [1.29, 1.82) is 0 Å². The lowest BCUT2D eigenvalue weighted by atomic mass is 10.2. The van der Waals surface area contributed by atoms with Gasteiger partial charge in [-0.15, -0.1) is 0 Å². The van der Waals surface area contributed by atoms with Gasteiger partial charge in [0.15, 0.2) is 11.0 Å². The zero-order valence-electron chi connectivity index (χ0n) is 13.6. The zero-order valence-corrected chi connectivity index (χ0v) is 14.3. The summed E-state index contributed by atoms with van der Waals surface area (Å²) >= 11 is 5.86.